The van der Waals surface area contributed by atoms with E-state index in [1.165, 1.54) is 12.1 Å². The van der Waals surface area contributed by atoms with Crippen LogP contribution in [0.3, 0.4) is 0 Å². The third-order valence-electron chi connectivity index (χ3n) is 4.39. The normalized spacial score (nSPS) is 11.1. The molecule has 0 amide bonds. The molecule has 6 nitrogen and oxygen atoms in total. The van der Waals surface area contributed by atoms with Crippen molar-refractivity contribution >= 4 is 43.9 Å². The van der Waals surface area contributed by atoms with Crippen molar-refractivity contribution in [2.45, 2.75) is 0 Å². The zero-order chi connectivity index (χ0) is 19.1. The summed E-state index contributed by atoms with van der Waals surface area (Å²) in [5.74, 6) is 0. The summed E-state index contributed by atoms with van der Waals surface area (Å²) in [6.07, 6.45) is 3.23. The average Bonchev–Trinajstić information content (AvgIpc) is 3.33. The predicted molar refractivity (Wildman–Crippen MR) is 105 cm³/mol. The first-order valence-corrected chi connectivity index (χ1v) is 8.48. The van der Waals surface area contributed by atoms with Gasteiger partial charge in [0.05, 0.1) is 12.5 Å². The summed E-state index contributed by atoms with van der Waals surface area (Å²) < 4.78 is 20.5. The summed E-state index contributed by atoms with van der Waals surface area (Å²) in [5.41, 5.74) is 1.88. The van der Waals surface area contributed by atoms with Gasteiger partial charge in [-0.2, -0.15) is 0 Å². The molecular weight excluding hydrogens is 360 g/mol. The van der Waals surface area contributed by atoms with Crippen LogP contribution in [0.1, 0.15) is 0 Å². The lowest BCUT2D eigenvalue weighted by atomic mass is 10.2. The maximum absolute atomic E-state index is 11.0. The molecule has 0 spiro atoms. The van der Waals surface area contributed by atoms with Crippen LogP contribution in [0.4, 0.5) is 0 Å². The Kier molecular flexibility index (Phi) is 3.62. The van der Waals surface area contributed by atoms with Crippen LogP contribution in [0, 0.1) is 0 Å². The minimum atomic E-state index is -0.344. The van der Waals surface area contributed by atoms with E-state index in [0.717, 1.165) is 32.7 Å². The van der Waals surface area contributed by atoms with E-state index in [2.05, 4.69) is 0 Å². The molecule has 4 heterocycles. The molecule has 2 aromatic carbocycles. The van der Waals surface area contributed by atoms with Crippen molar-refractivity contribution < 1.29 is 17.7 Å². The van der Waals surface area contributed by atoms with Crippen molar-refractivity contribution in [3.05, 3.63) is 94.0 Å². The number of benzene rings is 2. The molecule has 0 aliphatic heterocycles. The van der Waals surface area contributed by atoms with Crippen LogP contribution < -0.4 is 11.3 Å². The Balaban J connectivity index is 0.000000122. The smallest absolute Gasteiger partial charge is 0.336 e. The van der Waals surface area contributed by atoms with Gasteiger partial charge in [-0.25, -0.2) is 9.59 Å². The van der Waals surface area contributed by atoms with Gasteiger partial charge in [0.25, 0.3) is 0 Å². The molecule has 4 aromatic heterocycles. The lowest BCUT2D eigenvalue weighted by Crippen LogP contribution is -1.93. The molecule has 0 saturated heterocycles. The maximum atomic E-state index is 11.0. The van der Waals surface area contributed by atoms with Crippen molar-refractivity contribution in [3.63, 3.8) is 0 Å². The first-order chi connectivity index (χ1) is 13.7. The number of hydrogen-bond acceptors (Lipinski definition) is 6. The highest BCUT2D eigenvalue weighted by molar-refractivity contribution is 5.93. The zero-order valence-electron chi connectivity index (χ0n) is 14.4. The van der Waals surface area contributed by atoms with Gasteiger partial charge in [0, 0.05) is 45.8 Å². The summed E-state index contributed by atoms with van der Waals surface area (Å²) in [7, 11) is 0. The van der Waals surface area contributed by atoms with E-state index in [-0.39, 0.29) is 11.3 Å². The van der Waals surface area contributed by atoms with E-state index in [1.54, 1.807) is 36.8 Å². The Hall–Kier alpha value is -4.06. The van der Waals surface area contributed by atoms with Crippen LogP contribution in [0.5, 0.6) is 0 Å². The van der Waals surface area contributed by atoms with Crippen LogP contribution in [0.15, 0.2) is 100 Å². The van der Waals surface area contributed by atoms with E-state index in [0.29, 0.717) is 11.2 Å². The van der Waals surface area contributed by atoms with Crippen molar-refractivity contribution in [2.24, 2.45) is 0 Å². The lowest BCUT2D eigenvalue weighted by molar-refractivity contribution is 0.558. The van der Waals surface area contributed by atoms with Gasteiger partial charge in [0.15, 0.2) is 0 Å². The fourth-order valence-electron chi connectivity index (χ4n) is 3.05. The van der Waals surface area contributed by atoms with Crippen LogP contribution >= 0.6 is 0 Å². The molecule has 0 saturated carbocycles. The first-order valence-electron chi connectivity index (χ1n) is 8.48. The molecule has 0 atom stereocenters. The fourth-order valence-corrected chi connectivity index (χ4v) is 3.05. The summed E-state index contributed by atoms with van der Waals surface area (Å²) >= 11 is 0. The van der Waals surface area contributed by atoms with Crippen LogP contribution in [-0.4, -0.2) is 0 Å². The summed E-state index contributed by atoms with van der Waals surface area (Å²) in [4.78, 5) is 21.9. The van der Waals surface area contributed by atoms with E-state index in [4.69, 9.17) is 17.7 Å². The third-order valence-corrected chi connectivity index (χ3v) is 4.39. The number of furan rings is 2. The Morgan fingerprint density at radius 1 is 0.464 bits per heavy atom. The van der Waals surface area contributed by atoms with Crippen LogP contribution in [0.2, 0.25) is 0 Å². The molecule has 28 heavy (non-hydrogen) atoms. The Morgan fingerprint density at radius 3 is 1.36 bits per heavy atom. The summed E-state index contributed by atoms with van der Waals surface area (Å²) in [6, 6.07) is 17.4. The summed E-state index contributed by atoms with van der Waals surface area (Å²) in [5, 5.41) is 3.81. The quantitative estimate of drug-likeness (QED) is 0.346. The lowest BCUT2D eigenvalue weighted by Gasteiger charge is -1.94. The number of hydrogen-bond donors (Lipinski definition) is 0. The highest BCUT2D eigenvalue weighted by Crippen LogP contribution is 2.23. The Morgan fingerprint density at radius 2 is 0.893 bits per heavy atom. The monoisotopic (exact) mass is 372 g/mol. The van der Waals surface area contributed by atoms with E-state index < -0.39 is 0 Å². The molecule has 0 fully saturated rings. The van der Waals surface area contributed by atoms with Crippen LogP contribution in [0.25, 0.3) is 43.9 Å². The molecule has 6 aromatic rings. The van der Waals surface area contributed by atoms with Crippen LogP contribution in [-0.2, 0) is 0 Å². The molecule has 0 aliphatic carbocycles. The highest BCUT2D eigenvalue weighted by Gasteiger charge is 2.03. The van der Waals surface area contributed by atoms with Gasteiger partial charge in [-0.3, -0.25) is 0 Å². The second-order valence-electron chi connectivity index (χ2n) is 6.21. The minimum absolute atomic E-state index is 0.344. The molecule has 0 bridgehead atoms. The van der Waals surface area contributed by atoms with Gasteiger partial charge in [-0.05, 0) is 36.4 Å². The third kappa shape index (κ3) is 2.87. The average molecular weight is 372 g/mol. The van der Waals surface area contributed by atoms with Crippen molar-refractivity contribution in [1.29, 1.82) is 0 Å². The molecule has 0 radical (unpaired) electrons. The maximum Gasteiger partial charge on any atom is 0.336 e. The van der Waals surface area contributed by atoms with E-state index in [9.17, 15) is 9.59 Å². The predicted octanol–water partition coefficient (Wildman–Crippen LogP) is 5.08. The van der Waals surface area contributed by atoms with Gasteiger partial charge < -0.3 is 17.7 Å². The topological polar surface area (TPSA) is 86.7 Å². The van der Waals surface area contributed by atoms with Crippen molar-refractivity contribution in [1.82, 2.24) is 0 Å². The second-order valence-corrected chi connectivity index (χ2v) is 6.21. The van der Waals surface area contributed by atoms with E-state index >= 15 is 0 Å². The van der Waals surface area contributed by atoms with Gasteiger partial charge in [-0.1, -0.05) is 0 Å². The van der Waals surface area contributed by atoms with Gasteiger partial charge in [0.1, 0.15) is 22.3 Å². The van der Waals surface area contributed by atoms with Gasteiger partial charge >= 0.3 is 11.3 Å². The molecule has 0 unspecified atom stereocenters. The summed E-state index contributed by atoms with van der Waals surface area (Å²) in [6.45, 7) is 0. The van der Waals surface area contributed by atoms with E-state index in [1.807, 2.05) is 24.3 Å². The van der Waals surface area contributed by atoms with Gasteiger partial charge in [0.2, 0.25) is 0 Å². The Bertz CT molecular complexity index is 1440. The standard InChI is InChI=1S/2C11H6O3/c2*12-11-2-1-7-5-8-3-4-13-9(8)6-10(7)14-11/h2*1-6H. The molecule has 0 N–H and O–H groups in total. The minimum Gasteiger partial charge on any atom is -0.464 e. The SMILES string of the molecule is O=c1ccc2cc3ccoc3cc2o1.O=c1ccc2cc3ccoc3cc2o1. The molecule has 136 valence electrons. The largest absolute Gasteiger partial charge is 0.464 e. The Labute approximate surface area is 156 Å². The van der Waals surface area contributed by atoms with Gasteiger partial charge in [-0.15, -0.1) is 0 Å². The number of fused-ring (bicyclic) bond motifs is 4. The fraction of sp³-hybridized carbons (Fsp3) is 0. The molecular formula is C22H12O6. The molecule has 6 rings (SSSR count). The number of rotatable bonds is 0. The van der Waals surface area contributed by atoms with Crippen molar-refractivity contribution in [3.8, 4) is 0 Å². The second kappa shape index (κ2) is 6.28. The zero-order valence-corrected chi connectivity index (χ0v) is 14.4. The molecule has 6 heteroatoms. The van der Waals surface area contributed by atoms with Crippen molar-refractivity contribution in [2.75, 3.05) is 0 Å². The molecule has 0 aliphatic rings. The highest BCUT2D eigenvalue weighted by atomic mass is 16.4. The first kappa shape index (κ1) is 16.1.